The fourth-order valence-corrected chi connectivity index (χ4v) is 0.434. The van der Waals surface area contributed by atoms with Crippen molar-refractivity contribution in [2.24, 2.45) is 5.84 Å². The van der Waals surface area contributed by atoms with Crippen molar-refractivity contribution in [2.75, 3.05) is 6.61 Å². The van der Waals surface area contributed by atoms with Gasteiger partial charge in [0.1, 0.15) is 0 Å². The van der Waals surface area contributed by atoms with Gasteiger partial charge in [0.05, 0.1) is 6.61 Å². The van der Waals surface area contributed by atoms with Crippen LogP contribution in [0.3, 0.4) is 0 Å². The second kappa shape index (κ2) is 9.13. The second-order valence-electron chi connectivity index (χ2n) is 1.63. The minimum absolute atomic E-state index is 0. The lowest BCUT2D eigenvalue weighted by molar-refractivity contribution is 0.291. The molecule has 0 bridgehead atoms. The second-order valence-corrected chi connectivity index (χ2v) is 2.00. The van der Waals surface area contributed by atoms with Crippen LogP contribution in [-0.2, 0) is 4.74 Å². The van der Waals surface area contributed by atoms with Crippen LogP contribution in [0.15, 0.2) is 0 Å². The molecule has 0 aliphatic rings. The first-order valence-electron chi connectivity index (χ1n) is 2.94. The van der Waals surface area contributed by atoms with Crippen molar-refractivity contribution in [3.63, 3.8) is 0 Å². The molecule has 0 aromatic rings. The SMILES string of the molecule is Br.CCCCOC(=S)NN. The highest BCUT2D eigenvalue weighted by Gasteiger charge is 1.89. The molecule has 3 nitrogen and oxygen atoms in total. The standard InChI is InChI=1S/C5H12N2OS.BrH/c1-2-3-4-8-5(9)7-6;/h2-4,6H2,1H3,(H,7,9);1H. The molecule has 62 valence electrons. The average molecular weight is 229 g/mol. The molecule has 0 unspecified atom stereocenters. The highest BCUT2D eigenvalue weighted by molar-refractivity contribution is 8.93. The Morgan fingerprint density at radius 3 is 2.70 bits per heavy atom. The maximum atomic E-state index is 4.94. The van der Waals surface area contributed by atoms with Crippen molar-refractivity contribution in [1.29, 1.82) is 0 Å². The Hall–Kier alpha value is 0.130. The largest absolute Gasteiger partial charge is 0.470 e. The van der Waals surface area contributed by atoms with Crippen LogP contribution in [0.5, 0.6) is 0 Å². The third-order valence-electron chi connectivity index (χ3n) is 0.849. The fraction of sp³-hybridized carbons (Fsp3) is 0.800. The number of thiocarbonyl (C=S) groups is 1. The van der Waals surface area contributed by atoms with Gasteiger partial charge in [-0.05, 0) is 18.6 Å². The summed E-state index contributed by atoms with van der Waals surface area (Å²) in [4.78, 5) is 0. The zero-order valence-corrected chi connectivity index (χ0v) is 8.45. The molecule has 0 aromatic carbocycles. The molecule has 3 N–H and O–H groups in total. The van der Waals surface area contributed by atoms with Gasteiger partial charge in [-0.15, -0.1) is 17.0 Å². The Kier molecular flexibility index (Phi) is 11.7. The predicted molar refractivity (Wildman–Crippen MR) is 51.1 cm³/mol. The van der Waals surface area contributed by atoms with E-state index in [4.69, 9.17) is 10.6 Å². The molecule has 0 aliphatic carbocycles. The van der Waals surface area contributed by atoms with E-state index in [0.29, 0.717) is 6.61 Å². The summed E-state index contributed by atoms with van der Waals surface area (Å²) in [5, 5.41) is 0.267. The minimum Gasteiger partial charge on any atom is -0.470 e. The normalized spacial score (nSPS) is 7.80. The summed E-state index contributed by atoms with van der Waals surface area (Å²) in [5.41, 5.74) is 2.23. The third-order valence-corrected chi connectivity index (χ3v) is 1.08. The summed E-state index contributed by atoms with van der Waals surface area (Å²) in [5.74, 6) is 4.94. The van der Waals surface area contributed by atoms with Gasteiger partial charge in [-0.2, -0.15) is 0 Å². The van der Waals surface area contributed by atoms with Crippen molar-refractivity contribution in [3.05, 3.63) is 0 Å². The molecular formula is C5H13BrN2OS. The maximum absolute atomic E-state index is 4.94. The van der Waals surface area contributed by atoms with Crippen molar-refractivity contribution >= 4 is 34.4 Å². The van der Waals surface area contributed by atoms with E-state index < -0.39 is 0 Å². The number of rotatable bonds is 3. The van der Waals surface area contributed by atoms with Gasteiger partial charge >= 0.3 is 0 Å². The van der Waals surface area contributed by atoms with Crippen molar-refractivity contribution in [3.8, 4) is 0 Å². The number of hydrazine groups is 1. The minimum atomic E-state index is 0. The van der Waals surface area contributed by atoms with E-state index in [1.54, 1.807) is 0 Å². The summed E-state index contributed by atoms with van der Waals surface area (Å²) in [6, 6.07) is 0. The van der Waals surface area contributed by atoms with Gasteiger partial charge < -0.3 is 4.74 Å². The molecule has 0 spiro atoms. The van der Waals surface area contributed by atoms with E-state index in [1.807, 2.05) is 0 Å². The molecule has 0 amide bonds. The summed E-state index contributed by atoms with van der Waals surface area (Å²) in [7, 11) is 0. The summed E-state index contributed by atoms with van der Waals surface area (Å²) in [6.45, 7) is 2.74. The molecule has 0 aromatic heterocycles. The lowest BCUT2D eigenvalue weighted by Crippen LogP contribution is -2.30. The first kappa shape index (κ1) is 12.8. The van der Waals surface area contributed by atoms with Crippen LogP contribution >= 0.6 is 29.2 Å². The maximum Gasteiger partial charge on any atom is 0.271 e. The highest BCUT2D eigenvalue weighted by Crippen LogP contribution is 1.87. The summed E-state index contributed by atoms with van der Waals surface area (Å²) >= 11 is 4.61. The van der Waals surface area contributed by atoms with Gasteiger partial charge in [0.25, 0.3) is 5.17 Å². The molecule has 5 heteroatoms. The number of halogens is 1. The van der Waals surface area contributed by atoms with Gasteiger partial charge in [-0.3, -0.25) is 5.43 Å². The number of nitrogens with two attached hydrogens (primary N) is 1. The topological polar surface area (TPSA) is 47.3 Å². The lowest BCUT2D eigenvalue weighted by atomic mass is 10.4. The van der Waals surface area contributed by atoms with Crippen molar-refractivity contribution in [2.45, 2.75) is 19.8 Å². The predicted octanol–water partition coefficient (Wildman–Crippen LogP) is 1.13. The number of ether oxygens (including phenoxy) is 1. The first-order chi connectivity index (χ1) is 4.31. The monoisotopic (exact) mass is 228 g/mol. The summed E-state index contributed by atoms with van der Waals surface area (Å²) < 4.78 is 4.93. The first-order valence-corrected chi connectivity index (χ1v) is 3.35. The fourth-order valence-electron chi connectivity index (χ4n) is 0.351. The van der Waals surface area contributed by atoms with Crippen LogP contribution in [0.2, 0.25) is 0 Å². The van der Waals surface area contributed by atoms with Crippen molar-refractivity contribution < 1.29 is 4.74 Å². The number of unbranched alkanes of at least 4 members (excludes halogenated alkanes) is 1. The molecular weight excluding hydrogens is 216 g/mol. The smallest absolute Gasteiger partial charge is 0.271 e. The van der Waals surface area contributed by atoms with Gasteiger partial charge in [0.2, 0.25) is 0 Å². The van der Waals surface area contributed by atoms with Gasteiger partial charge in [-0.1, -0.05) is 13.3 Å². The molecule has 0 saturated carbocycles. The van der Waals surface area contributed by atoms with E-state index >= 15 is 0 Å². The van der Waals surface area contributed by atoms with E-state index in [9.17, 15) is 0 Å². The molecule has 0 saturated heterocycles. The quantitative estimate of drug-likeness (QED) is 0.329. The van der Waals surface area contributed by atoms with Crippen LogP contribution < -0.4 is 11.3 Å². The van der Waals surface area contributed by atoms with E-state index in [2.05, 4.69) is 24.6 Å². The Morgan fingerprint density at radius 1 is 1.70 bits per heavy atom. The number of hydrogen-bond acceptors (Lipinski definition) is 3. The Labute approximate surface area is 77.0 Å². The van der Waals surface area contributed by atoms with Crippen LogP contribution in [0.1, 0.15) is 19.8 Å². The Balaban J connectivity index is 0. The summed E-state index contributed by atoms with van der Waals surface area (Å²) in [6.07, 6.45) is 2.12. The van der Waals surface area contributed by atoms with E-state index in [0.717, 1.165) is 12.8 Å². The number of nitrogens with one attached hydrogen (secondary N) is 1. The molecule has 0 fully saturated rings. The van der Waals surface area contributed by atoms with E-state index in [-0.39, 0.29) is 22.2 Å². The third kappa shape index (κ3) is 8.13. The average Bonchev–Trinajstić information content (AvgIpc) is 1.89. The molecule has 0 atom stereocenters. The van der Waals surface area contributed by atoms with Gasteiger partial charge in [0.15, 0.2) is 0 Å². The van der Waals surface area contributed by atoms with Crippen LogP contribution in [0.25, 0.3) is 0 Å². The van der Waals surface area contributed by atoms with Crippen LogP contribution in [0, 0.1) is 0 Å². The van der Waals surface area contributed by atoms with Crippen molar-refractivity contribution in [1.82, 2.24) is 5.43 Å². The van der Waals surface area contributed by atoms with Crippen LogP contribution in [0.4, 0.5) is 0 Å². The Morgan fingerprint density at radius 2 is 2.30 bits per heavy atom. The molecule has 10 heavy (non-hydrogen) atoms. The molecule has 0 radical (unpaired) electrons. The zero-order valence-electron chi connectivity index (χ0n) is 5.92. The lowest BCUT2D eigenvalue weighted by Gasteiger charge is -2.03. The van der Waals surface area contributed by atoms with Gasteiger partial charge in [0, 0.05) is 0 Å². The Bertz CT molecular complexity index is 91.7. The highest BCUT2D eigenvalue weighted by atomic mass is 79.9. The number of hydrogen-bond donors (Lipinski definition) is 2. The zero-order chi connectivity index (χ0) is 7.11. The molecule has 0 heterocycles. The van der Waals surface area contributed by atoms with E-state index in [1.165, 1.54) is 0 Å². The van der Waals surface area contributed by atoms with Crippen LogP contribution in [-0.4, -0.2) is 11.8 Å². The molecule has 0 rings (SSSR count). The van der Waals surface area contributed by atoms with Gasteiger partial charge in [-0.25, -0.2) is 5.84 Å². The molecule has 0 aliphatic heterocycles.